The molecule has 0 amide bonds. The second-order valence-electron chi connectivity index (χ2n) is 3.61. The highest BCUT2D eigenvalue weighted by atomic mass is 19.2. The molecule has 0 radical (unpaired) electrons. The topological polar surface area (TPSA) is 75.1 Å². The Kier molecular flexibility index (Phi) is 2.97. The van der Waals surface area contributed by atoms with Crippen LogP contribution in [0.15, 0.2) is 29.1 Å². The smallest absolute Gasteiger partial charge is 0.353 e. The fourth-order valence-corrected chi connectivity index (χ4v) is 1.50. The van der Waals surface area contributed by atoms with Crippen LogP contribution >= 0.6 is 0 Å². The number of nitrogens with one attached hydrogen (secondary N) is 1. The molecule has 5 nitrogen and oxygen atoms in total. The molecule has 0 spiro atoms. The third kappa shape index (κ3) is 2.15. The van der Waals surface area contributed by atoms with Crippen LogP contribution in [0.1, 0.15) is 16.1 Å². The maximum absolute atomic E-state index is 13.4. The Labute approximate surface area is 99.3 Å². The van der Waals surface area contributed by atoms with Gasteiger partial charge in [0.15, 0.2) is 11.6 Å². The van der Waals surface area contributed by atoms with Crippen molar-refractivity contribution < 1.29 is 18.7 Å². The quantitative estimate of drug-likeness (QED) is 0.864. The molecule has 1 aromatic heterocycles. The molecule has 0 aliphatic carbocycles. The highest BCUT2D eigenvalue weighted by Crippen LogP contribution is 2.11. The third-order valence-corrected chi connectivity index (χ3v) is 2.38. The van der Waals surface area contributed by atoms with Crippen LogP contribution in [0.5, 0.6) is 0 Å². The van der Waals surface area contributed by atoms with E-state index in [2.05, 4.69) is 5.10 Å². The lowest BCUT2D eigenvalue weighted by Gasteiger charge is -2.04. The normalized spacial score (nSPS) is 10.6. The molecule has 18 heavy (non-hydrogen) atoms. The molecule has 1 aromatic carbocycles. The maximum Gasteiger partial charge on any atom is 0.353 e. The number of carboxylic acid groups (broad SMARTS) is 1. The molecule has 94 valence electrons. The van der Waals surface area contributed by atoms with E-state index in [1.54, 1.807) is 0 Å². The van der Waals surface area contributed by atoms with Gasteiger partial charge in [-0.25, -0.2) is 18.3 Å². The minimum atomic E-state index is -1.30. The Morgan fingerprint density at radius 3 is 2.72 bits per heavy atom. The number of carbonyl (C=O) groups is 1. The van der Waals surface area contributed by atoms with Crippen LogP contribution in [0, 0.1) is 11.6 Å². The highest BCUT2D eigenvalue weighted by molar-refractivity contribution is 5.84. The summed E-state index contributed by atoms with van der Waals surface area (Å²) in [6.07, 6.45) is 0. The molecule has 2 aromatic rings. The van der Waals surface area contributed by atoms with Crippen molar-refractivity contribution in [1.29, 1.82) is 0 Å². The lowest BCUT2D eigenvalue weighted by Crippen LogP contribution is -2.17. The Morgan fingerprint density at radius 2 is 2.11 bits per heavy atom. The number of hydrogen-bond donors (Lipinski definition) is 2. The molecule has 1 heterocycles. The summed E-state index contributed by atoms with van der Waals surface area (Å²) in [6.45, 7) is -0.268. The van der Waals surface area contributed by atoms with Crippen LogP contribution in [-0.4, -0.2) is 20.9 Å². The van der Waals surface area contributed by atoms with Gasteiger partial charge in [-0.3, -0.25) is 9.89 Å². The molecule has 0 fully saturated rings. The van der Waals surface area contributed by atoms with Crippen LogP contribution in [0.4, 0.5) is 8.78 Å². The van der Waals surface area contributed by atoms with E-state index in [1.165, 1.54) is 12.1 Å². The summed E-state index contributed by atoms with van der Waals surface area (Å²) in [6, 6.07) is 4.45. The minimum Gasteiger partial charge on any atom is -0.477 e. The van der Waals surface area contributed by atoms with Crippen LogP contribution in [0.3, 0.4) is 0 Å². The van der Waals surface area contributed by atoms with E-state index in [4.69, 9.17) is 5.11 Å². The molecular formula is C11H8F2N2O3. The monoisotopic (exact) mass is 254 g/mol. The van der Waals surface area contributed by atoms with Crippen molar-refractivity contribution in [2.75, 3.05) is 0 Å². The molecule has 0 aliphatic heterocycles. The summed E-state index contributed by atoms with van der Waals surface area (Å²) in [7, 11) is 0. The minimum absolute atomic E-state index is 0.0455. The Balaban J connectivity index is 2.37. The van der Waals surface area contributed by atoms with Gasteiger partial charge >= 0.3 is 5.97 Å². The number of benzene rings is 1. The first-order valence-corrected chi connectivity index (χ1v) is 4.95. The molecule has 0 saturated carbocycles. The number of H-pyrrole nitrogens is 1. The summed E-state index contributed by atoms with van der Waals surface area (Å²) < 4.78 is 27.2. The Bertz CT molecular complexity index is 661. The summed E-state index contributed by atoms with van der Waals surface area (Å²) in [4.78, 5) is 22.0. The number of carboxylic acids is 1. The van der Waals surface area contributed by atoms with Crippen molar-refractivity contribution in [2.45, 2.75) is 6.54 Å². The summed E-state index contributed by atoms with van der Waals surface area (Å²) in [5.74, 6) is -3.38. The number of nitrogens with zero attached hydrogens (tertiary/aromatic N) is 1. The van der Waals surface area contributed by atoms with Crippen LogP contribution in [0.25, 0.3) is 0 Å². The maximum atomic E-state index is 13.4. The van der Waals surface area contributed by atoms with Crippen molar-refractivity contribution >= 4 is 5.97 Å². The molecular weight excluding hydrogens is 246 g/mol. The van der Waals surface area contributed by atoms with Gasteiger partial charge in [0, 0.05) is 11.6 Å². The van der Waals surface area contributed by atoms with Gasteiger partial charge in [-0.1, -0.05) is 12.1 Å². The molecule has 2 rings (SSSR count). The van der Waals surface area contributed by atoms with E-state index in [1.807, 2.05) is 0 Å². The van der Waals surface area contributed by atoms with Crippen LogP contribution in [0.2, 0.25) is 0 Å². The summed E-state index contributed by atoms with van der Waals surface area (Å²) >= 11 is 0. The van der Waals surface area contributed by atoms with Crippen LogP contribution in [-0.2, 0) is 6.54 Å². The van der Waals surface area contributed by atoms with Gasteiger partial charge in [0.05, 0.1) is 6.54 Å². The zero-order valence-electron chi connectivity index (χ0n) is 8.98. The van der Waals surface area contributed by atoms with Gasteiger partial charge in [0.1, 0.15) is 5.69 Å². The summed E-state index contributed by atoms with van der Waals surface area (Å²) in [5, 5.41) is 11.0. The lowest BCUT2D eigenvalue weighted by atomic mass is 10.2. The van der Waals surface area contributed by atoms with Crippen molar-refractivity contribution in [3.63, 3.8) is 0 Å². The van der Waals surface area contributed by atoms with Crippen molar-refractivity contribution in [3.05, 3.63) is 57.5 Å². The van der Waals surface area contributed by atoms with E-state index in [0.29, 0.717) is 0 Å². The zero-order chi connectivity index (χ0) is 13.3. The van der Waals surface area contributed by atoms with Crippen LogP contribution < -0.4 is 5.56 Å². The number of hydrogen-bond acceptors (Lipinski definition) is 2. The molecule has 7 heteroatoms. The molecule has 0 aliphatic rings. The molecule has 0 saturated heterocycles. The average Bonchev–Trinajstić information content (AvgIpc) is 2.67. The predicted octanol–water partition coefficient (Wildman–Crippen LogP) is 1.20. The fourth-order valence-electron chi connectivity index (χ4n) is 1.50. The van der Waals surface area contributed by atoms with Gasteiger partial charge in [-0.2, -0.15) is 0 Å². The number of aromatic carboxylic acids is 1. The number of rotatable bonds is 3. The van der Waals surface area contributed by atoms with E-state index in [0.717, 1.165) is 16.8 Å². The summed E-state index contributed by atoms with van der Waals surface area (Å²) in [5.41, 5.74) is -0.983. The average molecular weight is 254 g/mol. The Hall–Kier alpha value is -2.44. The van der Waals surface area contributed by atoms with E-state index >= 15 is 0 Å². The Morgan fingerprint density at radius 1 is 1.39 bits per heavy atom. The van der Waals surface area contributed by atoms with Crippen molar-refractivity contribution in [1.82, 2.24) is 9.78 Å². The predicted molar refractivity (Wildman–Crippen MR) is 57.5 cm³/mol. The molecule has 0 unspecified atom stereocenters. The highest BCUT2D eigenvalue weighted by Gasteiger charge is 2.12. The zero-order valence-corrected chi connectivity index (χ0v) is 8.98. The van der Waals surface area contributed by atoms with Gasteiger partial charge in [-0.15, -0.1) is 0 Å². The van der Waals surface area contributed by atoms with Gasteiger partial charge in [0.25, 0.3) is 5.56 Å². The SMILES string of the molecule is O=C(O)c1cc(=O)n(Cc2cccc(F)c2F)[nH]1. The first kappa shape index (κ1) is 12.0. The second-order valence-corrected chi connectivity index (χ2v) is 3.61. The largest absolute Gasteiger partial charge is 0.477 e. The second kappa shape index (κ2) is 4.44. The van der Waals surface area contributed by atoms with E-state index in [9.17, 15) is 18.4 Å². The first-order valence-electron chi connectivity index (χ1n) is 4.95. The van der Waals surface area contributed by atoms with Gasteiger partial charge in [-0.05, 0) is 6.07 Å². The van der Waals surface area contributed by atoms with E-state index in [-0.39, 0.29) is 17.8 Å². The molecule has 2 N–H and O–H groups in total. The number of halogens is 2. The third-order valence-electron chi connectivity index (χ3n) is 2.38. The van der Waals surface area contributed by atoms with E-state index < -0.39 is 23.2 Å². The molecule has 0 atom stereocenters. The standard InChI is InChI=1S/C11H8F2N2O3/c12-7-3-1-2-6(10(7)13)5-15-9(16)4-8(14-15)11(17)18/h1-4,14H,5H2,(H,17,18). The number of aromatic nitrogens is 2. The van der Waals surface area contributed by atoms with Crippen molar-refractivity contribution in [3.8, 4) is 0 Å². The van der Waals surface area contributed by atoms with Crippen molar-refractivity contribution in [2.24, 2.45) is 0 Å². The first-order chi connectivity index (χ1) is 8.49. The lowest BCUT2D eigenvalue weighted by molar-refractivity contribution is 0.0689. The van der Waals surface area contributed by atoms with Gasteiger partial charge in [0.2, 0.25) is 0 Å². The van der Waals surface area contributed by atoms with Gasteiger partial charge < -0.3 is 5.11 Å². The molecule has 0 bridgehead atoms. The fraction of sp³-hybridized carbons (Fsp3) is 0.0909. The number of aromatic amines is 1.